The van der Waals surface area contributed by atoms with Crippen LogP contribution in [0.2, 0.25) is 0 Å². The molecule has 0 radical (unpaired) electrons. The molecule has 0 amide bonds. The van der Waals surface area contributed by atoms with Crippen LogP contribution < -0.4 is 15.8 Å². The van der Waals surface area contributed by atoms with Crippen LogP contribution in [0.3, 0.4) is 0 Å². The maximum Gasteiger partial charge on any atom is 0.226 e. The number of methoxy groups -OCH3 is 1. The molecule has 0 bridgehead atoms. The number of hydrogen-bond donors (Lipinski definition) is 2. The molecule has 0 fully saturated rings. The molecular formula is C19H18N6O2. The normalized spacial score (nSPS) is 10.9. The number of anilines is 2. The molecule has 0 unspecified atom stereocenters. The smallest absolute Gasteiger partial charge is 0.226 e. The van der Waals surface area contributed by atoms with Crippen LogP contribution in [0.1, 0.15) is 5.56 Å². The van der Waals surface area contributed by atoms with Crippen LogP contribution in [0.15, 0.2) is 53.3 Å². The number of furan rings is 1. The lowest BCUT2D eigenvalue weighted by Gasteiger charge is -2.08. The molecule has 27 heavy (non-hydrogen) atoms. The van der Waals surface area contributed by atoms with Gasteiger partial charge in [-0.1, -0.05) is 12.1 Å². The number of rotatable bonds is 6. The quantitative estimate of drug-likeness (QED) is 0.538. The van der Waals surface area contributed by atoms with Crippen LogP contribution in [0.5, 0.6) is 5.75 Å². The molecule has 3 aromatic heterocycles. The Kier molecular flexibility index (Phi) is 4.52. The third-order valence-electron chi connectivity index (χ3n) is 4.06. The van der Waals surface area contributed by atoms with Gasteiger partial charge in [-0.25, -0.2) is 9.97 Å². The topological polar surface area (TPSA) is 112 Å². The van der Waals surface area contributed by atoms with Gasteiger partial charge in [0.15, 0.2) is 17.2 Å². The highest BCUT2D eigenvalue weighted by Crippen LogP contribution is 2.21. The van der Waals surface area contributed by atoms with Crippen LogP contribution >= 0.6 is 0 Å². The second kappa shape index (κ2) is 7.28. The van der Waals surface area contributed by atoms with E-state index >= 15 is 0 Å². The van der Waals surface area contributed by atoms with Crippen molar-refractivity contribution >= 4 is 22.9 Å². The highest BCUT2D eigenvalue weighted by atomic mass is 16.5. The third kappa shape index (κ3) is 3.64. The first-order valence-electron chi connectivity index (χ1n) is 8.44. The molecule has 8 heteroatoms. The highest BCUT2D eigenvalue weighted by molar-refractivity contribution is 5.83. The van der Waals surface area contributed by atoms with Gasteiger partial charge in [0, 0.05) is 6.54 Å². The van der Waals surface area contributed by atoms with E-state index in [9.17, 15) is 0 Å². The molecule has 0 saturated heterocycles. The van der Waals surface area contributed by atoms with Crippen LogP contribution in [0.4, 0.5) is 11.8 Å². The number of fused-ring (bicyclic) bond motifs is 1. The third-order valence-corrected chi connectivity index (χ3v) is 4.06. The van der Waals surface area contributed by atoms with Crippen LogP contribution in [0, 0.1) is 0 Å². The molecule has 0 aliphatic rings. The van der Waals surface area contributed by atoms with E-state index in [0.29, 0.717) is 35.1 Å². The fourth-order valence-electron chi connectivity index (χ4n) is 2.66. The number of benzene rings is 1. The van der Waals surface area contributed by atoms with Crippen LogP contribution in [-0.4, -0.2) is 33.6 Å². The Morgan fingerprint density at radius 2 is 1.96 bits per heavy atom. The van der Waals surface area contributed by atoms with Gasteiger partial charge in [0.2, 0.25) is 5.95 Å². The maximum atomic E-state index is 6.01. The van der Waals surface area contributed by atoms with E-state index in [4.69, 9.17) is 14.9 Å². The average Bonchev–Trinajstić information content (AvgIpc) is 3.23. The maximum absolute atomic E-state index is 6.01. The zero-order valence-electron chi connectivity index (χ0n) is 14.7. The van der Waals surface area contributed by atoms with Crippen LogP contribution in [-0.2, 0) is 6.42 Å². The summed E-state index contributed by atoms with van der Waals surface area (Å²) in [7, 11) is 1.65. The zero-order chi connectivity index (χ0) is 18.6. The van der Waals surface area contributed by atoms with E-state index in [1.165, 1.54) is 5.56 Å². The van der Waals surface area contributed by atoms with E-state index < -0.39 is 0 Å². The molecule has 8 nitrogen and oxygen atoms in total. The largest absolute Gasteiger partial charge is 0.497 e. The minimum absolute atomic E-state index is 0.283. The molecule has 0 aliphatic heterocycles. The van der Waals surface area contributed by atoms with Crippen molar-refractivity contribution in [2.75, 3.05) is 24.7 Å². The molecule has 4 rings (SSSR count). The number of ether oxygens (including phenoxy) is 1. The summed E-state index contributed by atoms with van der Waals surface area (Å²) in [5.74, 6) is 2.16. The molecule has 1 aromatic carbocycles. The second-order valence-electron chi connectivity index (χ2n) is 5.86. The molecule has 4 aromatic rings. The van der Waals surface area contributed by atoms with E-state index in [1.54, 1.807) is 25.6 Å². The van der Waals surface area contributed by atoms with Gasteiger partial charge in [0.1, 0.15) is 17.0 Å². The summed E-state index contributed by atoms with van der Waals surface area (Å²) in [4.78, 5) is 17.5. The first-order chi connectivity index (χ1) is 13.2. The fraction of sp³-hybridized carbons (Fsp3) is 0.158. The molecule has 0 atom stereocenters. The summed E-state index contributed by atoms with van der Waals surface area (Å²) >= 11 is 0. The number of nitrogens with zero attached hydrogens (tertiary/aromatic N) is 4. The Morgan fingerprint density at radius 3 is 2.70 bits per heavy atom. The second-order valence-corrected chi connectivity index (χ2v) is 5.86. The van der Waals surface area contributed by atoms with Crippen LogP contribution in [0.25, 0.3) is 22.6 Å². The lowest BCUT2D eigenvalue weighted by atomic mass is 10.1. The minimum atomic E-state index is 0.283. The van der Waals surface area contributed by atoms with Gasteiger partial charge >= 0.3 is 0 Å². The van der Waals surface area contributed by atoms with Crippen molar-refractivity contribution in [3.8, 4) is 17.2 Å². The summed E-state index contributed by atoms with van der Waals surface area (Å²) in [6, 6.07) is 11.5. The highest BCUT2D eigenvalue weighted by Gasteiger charge is 2.11. The van der Waals surface area contributed by atoms with E-state index in [0.717, 1.165) is 12.2 Å². The van der Waals surface area contributed by atoms with E-state index in [1.807, 2.05) is 30.3 Å². The van der Waals surface area contributed by atoms with Crippen molar-refractivity contribution in [3.63, 3.8) is 0 Å². The Hall–Kier alpha value is -3.68. The van der Waals surface area contributed by atoms with Crippen molar-refractivity contribution in [2.45, 2.75) is 6.42 Å². The van der Waals surface area contributed by atoms with Gasteiger partial charge in [0.05, 0.1) is 19.6 Å². The van der Waals surface area contributed by atoms with Crippen molar-refractivity contribution in [3.05, 3.63) is 54.4 Å². The first-order valence-corrected chi connectivity index (χ1v) is 8.44. The first kappa shape index (κ1) is 16.8. The van der Waals surface area contributed by atoms with Crippen molar-refractivity contribution in [1.82, 2.24) is 19.9 Å². The van der Waals surface area contributed by atoms with Gasteiger partial charge in [-0.3, -0.25) is 0 Å². The molecule has 0 saturated carbocycles. The Morgan fingerprint density at radius 1 is 1.11 bits per heavy atom. The minimum Gasteiger partial charge on any atom is -0.497 e. The zero-order valence-corrected chi connectivity index (χ0v) is 14.7. The summed E-state index contributed by atoms with van der Waals surface area (Å²) in [6.45, 7) is 0.655. The summed E-state index contributed by atoms with van der Waals surface area (Å²) in [5, 5.41) is 3.18. The molecule has 0 aliphatic carbocycles. The molecule has 0 spiro atoms. The monoisotopic (exact) mass is 362 g/mol. The van der Waals surface area contributed by atoms with Crippen molar-refractivity contribution in [2.24, 2.45) is 0 Å². The van der Waals surface area contributed by atoms with E-state index in [2.05, 4.69) is 25.3 Å². The number of nitrogen functional groups attached to an aromatic ring is 1. The van der Waals surface area contributed by atoms with E-state index in [-0.39, 0.29) is 5.82 Å². The van der Waals surface area contributed by atoms with Gasteiger partial charge < -0.3 is 20.2 Å². The standard InChI is InChI=1S/C19H18N6O2/c1-26-13-6-4-12(5-7-13)8-9-21-19-24-17(20)16-18(25-19)23-14(11-22-16)15-3-2-10-27-15/h2-7,10-11H,8-9H2,1H3,(H3,20,21,23,24,25). The average molecular weight is 362 g/mol. The van der Waals surface area contributed by atoms with Gasteiger partial charge in [-0.2, -0.15) is 9.97 Å². The molecule has 136 valence electrons. The SMILES string of the molecule is COc1ccc(CCNc2nc(N)c3ncc(-c4ccco4)nc3n2)cc1. The summed E-state index contributed by atoms with van der Waals surface area (Å²) in [5.41, 5.74) is 8.66. The Bertz CT molecular complexity index is 1050. The summed E-state index contributed by atoms with van der Waals surface area (Å²) < 4.78 is 10.5. The number of nitrogens with two attached hydrogens (primary N) is 1. The van der Waals surface area contributed by atoms with Gasteiger partial charge in [0.25, 0.3) is 0 Å². The molecule has 3 heterocycles. The molecule has 3 N–H and O–H groups in total. The predicted molar refractivity (Wildman–Crippen MR) is 102 cm³/mol. The number of nitrogens with one attached hydrogen (secondary N) is 1. The predicted octanol–water partition coefficient (Wildman–Crippen LogP) is 2.93. The lowest BCUT2D eigenvalue weighted by Crippen LogP contribution is -2.10. The lowest BCUT2D eigenvalue weighted by molar-refractivity contribution is 0.414. The van der Waals surface area contributed by atoms with Gasteiger partial charge in [-0.05, 0) is 36.2 Å². The Labute approximate surface area is 155 Å². The summed E-state index contributed by atoms with van der Waals surface area (Å²) in [6.07, 6.45) is 3.99. The van der Waals surface area contributed by atoms with Gasteiger partial charge in [-0.15, -0.1) is 0 Å². The fourth-order valence-corrected chi connectivity index (χ4v) is 2.66. The number of hydrogen-bond acceptors (Lipinski definition) is 8. The van der Waals surface area contributed by atoms with Crippen molar-refractivity contribution < 1.29 is 9.15 Å². The van der Waals surface area contributed by atoms with Crippen molar-refractivity contribution in [1.29, 1.82) is 0 Å². The Balaban J connectivity index is 1.51. The number of aromatic nitrogens is 4. The molecular weight excluding hydrogens is 344 g/mol.